The van der Waals surface area contributed by atoms with E-state index < -0.39 is 4.94 Å². The second kappa shape index (κ2) is 5.55. The Balaban J connectivity index is 2.96. The van der Waals surface area contributed by atoms with Gasteiger partial charge in [0.1, 0.15) is 0 Å². The van der Waals surface area contributed by atoms with E-state index in [-0.39, 0.29) is 0 Å². The Labute approximate surface area is 95.8 Å². The molecule has 0 N–H and O–H groups in total. The quantitative estimate of drug-likeness (QED) is 0.577. The minimum atomic E-state index is -0.541. The van der Waals surface area contributed by atoms with Gasteiger partial charge in [-0.2, -0.15) is 0 Å². The zero-order valence-corrected chi connectivity index (χ0v) is 10.2. The van der Waals surface area contributed by atoms with Gasteiger partial charge in [-0.1, -0.05) is 0 Å². The SMILES string of the molecule is COc1cc(C=O)ccc1O[CH]([Ge])C=O. The van der Waals surface area contributed by atoms with Crippen LogP contribution in [-0.2, 0) is 4.79 Å². The fourth-order valence-corrected chi connectivity index (χ4v) is 1.29. The summed E-state index contributed by atoms with van der Waals surface area (Å²) in [7, 11) is 1.47. The molecule has 0 saturated carbocycles. The van der Waals surface area contributed by atoms with E-state index in [4.69, 9.17) is 9.47 Å². The molecule has 0 fully saturated rings. The third kappa shape index (κ3) is 3.09. The van der Waals surface area contributed by atoms with Gasteiger partial charge in [0, 0.05) is 0 Å². The molecule has 77 valence electrons. The predicted molar refractivity (Wildman–Crippen MR) is 54.6 cm³/mol. The second-order valence-corrected chi connectivity index (χ2v) is 3.90. The summed E-state index contributed by atoms with van der Waals surface area (Å²) >= 11 is 1.63. The van der Waals surface area contributed by atoms with Crippen molar-refractivity contribution >= 4 is 29.1 Å². The van der Waals surface area contributed by atoms with Crippen molar-refractivity contribution in [2.45, 2.75) is 4.94 Å². The number of carbonyl (C=O) groups excluding carboxylic acids is 2. The number of ether oxygens (including phenoxy) is 2. The first-order valence-corrected chi connectivity index (χ1v) is 5.38. The average molecular weight is 266 g/mol. The Hall–Kier alpha value is -1.30. The molecule has 0 saturated heterocycles. The molecule has 0 aliphatic heterocycles. The number of hydrogen-bond acceptors (Lipinski definition) is 4. The van der Waals surface area contributed by atoms with Crippen molar-refractivity contribution in [2.24, 2.45) is 0 Å². The van der Waals surface area contributed by atoms with Gasteiger partial charge in [-0.15, -0.1) is 0 Å². The van der Waals surface area contributed by atoms with Crippen LogP contribution in [0.2, 0.25) is 0 Å². The number of rotatable bonds is 5. The van der Waals surface area contributed by atoms with Crippen LogP contribution in [-0.4, -0.2) is 41.1 Å². The first-order valence-electron chi connectivity index (χ1n) is 4.17. The maximum atomic E-state index is 10.5. The Morgan fingerprint density at radius 1 is 1.33 bits per heavy atom. The van der Waals surface area contributed by atoms with Crippen LogP contribution in [0.4, 0.5) is 0 Å². The van der Waals surface area contributed by atoms with Gasteiger partial charge in [-0.3, -0.25) is 0 Å². The molecule has 1 aromatic rings. The van der Waals surface area contributed by atoms with Crippen LogP contribution >= 0.6 is 0 Å². The van der Waals surface area contributed by atoms with Crippen molar-refractivity contribution in [3.05, 3.63) is 23.8 Å². The monoisotopic (exact) mass is 267 g/mol. The number of methoxy groups -OCH3 is 1. The van der Waals surface area contributed by atoms with Crippen LogP contribution in [0.1, 0.15) is 10.4 Å². The molecule has 0 aliphatic rings. The van der Waals surface area contributed by atoms with Gasteiger partial charge < -0.3 is 0 Å². The molecule has 4 nitrogen and oxygen atoms in total. The first-order chi connectivity index (χ1) is 7.21. The van der Waals surface area contributed by atoms with E-state index in [1.165, 1.54) is 7.11 Å². The molecule has 15 heavy (non-hydrogen) atoms. The van der Waals surface area contributed by atoms with Gasteiger partial charge >= 0.3 is 95.5 Å². The van der Waals surface area contributed by atoms with Gasteiger partial charge in [0.2, 0.25) is 0 Å². The van der Waals surface area contributed by atoms with E-state index in [0.29, 0.717) is 23.3 Å². The molecule has 0 aliphatic carbocycles. The molecular weight excluding hydrogens is 257 g/mol. The molecule has 1 atom stereocenters. The molecule has 0 aromatic heterocycles. The molecule has 3 radical (unpaired) electrons. The zero-order valence-electron chi connectivity index (χ0n) is 8.10. The van der Waals surface area contributed by atoms with Crippen molar-refractivity contribution in [3.8, 4) is 11.5 Å². The van der Waals surface area contributed by atoms with Crippen molar-refractivity contribution in [2.75, 3.05) is 7.11 Å². The van der Waals surface area contributed by atoms with Gasteiger partial charge in [0.05, 0.1) is 0 Å². The third-order valence-corrected chi connectivity index (χ3v) is 2.23. The van der Waals surface area contributed by atoms with Crippen molar-refractivity contribution in [1.82, 2.24) is 0 Å². The van der Waals surface area contributed by atoms with Crippen molar-refractivity contribution in [1.29, 1.82) is 0 Å². The second-order valence-electron chi connectivity index (χ2n) is 2.70. The van der Waals surface area contributed by atoms with Crippen LogP contribution in [0.25, 0.3) is 0 Å². The summed E-state index contributed by atoms with van der Waals surface area (Å²) in [5.74, 6) is 0.885. The predicted octanol–water partition coefficient (Wildman–Crippen LogP) is 0.580. The number of benzene rings is 1. The first kappa shape index (κ1) is 11.8. The fourth-order valence-electron chi connectivity index (χ4n) is 1.02. The maximum absolute atomic E-state index is 10.5. The third-order valence-electron chi connectivity index (χ3n) is 1.70. The summed E-state index contributed by atoms with van der Waals surface area (Å²) in [6.07, 6.45) is 1.41. The number of carbonyl (C=O) groups is 2. The van der Waals surface area contributed by atoms with E-state index in [9.17, 15) is 9.59 Å². The van der Waals surface area contributed by atoms with Crippen LogP contribution in [0.5, 0.6) is 11.5 Å². The van der Waals surface area contributed by atoms with Gasteiger partial charge in [0.25, 0.3) is 0 Å². The Morgan fingerprint density at radius 2 is 2.07 bits per heavy atom. The summed E-state index contributed by atoms with van der Waals surface area (Å²) in [6, 6.07) is 4.75. The summed E-state index contributed by atoms with van der Waals surface area (Å²) < 4.78 is 10.3. The number of hydrogen-bond donors (Lipinski definition) is 0. The summed E-state index contributed by atoms with van der Waals surface area (Å²) in [5, 5.41) is 0. The molecule has 5 heteroatoms. The molecule has 0 heterocycles. The van der Waals surface area contributed by atoms with Gasteiger partial charge in [-0.25, -0.2) is 0 Å². The fraction of sp³-hybridized carbons (Fsp3) is 0.200. The Bertz CT molecular complexity index is 364. The average Bonchev–Trinajstić information content (AvgIpc) is 2.29. The van der Waals surface area contributed by atoms with Crippen LogP contribution in [0.15, 0.2) is 18.2 Å². The molecule has 1 unspecified atom stereocenters. The summed E-state index contributed by atoms with van der Waals surface area (Å²) in [6.45, 7) is 0. The molecule has 1 aromatic carbocycles. The van der Waals surface area contributed by atoms with E-state index >= 15 is 0 Å². The Morgan fingerprint density at radius 3 is 2.60 bits per heavy atom. The summed E-state index contributed by atoms with van der Waals surface area (Å²) in [4.78, 5) is 20.4. The van der Waals surface area contributed by atoms with Crippen LogP contribution < -0.4 is 9.47 Å². The van der Waals surface area contributed by atoms with E-state index in [1.54, 1.807) is 34.7 Å². The molecule has 0 spiro atoms. The van der Waals surface area contributed by atoms with Crippen molar-refractivity contribution in [3.63, 3.8) is 0 Å². The summed E-state index contributed by atoms with van der Waals surface area (Å²) in [5.41, 5.74) is 0.498. The van der Waals surface area contributed by atoms with E-state index in [0.717, 1.165) is 6.29 Å². The molecule has 0 amide bonds. The van der Waals surface area contributed by atoms with Gasteiger partial charge in [0.15, 0.2) is 0 Å². The van der Waals surface area contributed by atoms with E-state index in [1.807, 2.05) is 0 Å². The van der Waals surface area contributed by atoms with Crippen LogP contribution in [0, 0.1) is 0 Å². The standard InChI is InChI=1S/C10H9GeO4/c1-14-9-4-7(5-12)2-3-8(9)15-10(11)6-13/h2-6,10H,1H3. The van der Waals surface area contributed by atoms with Crippen molar-refractivity contribution < 1.29 is 19.1 Å². The van der Waals surface area contributed by atoms with E-state index in [2.05, 4.69) is 0 Å². The minimum absolute atomic E-state index is 0.438. The molecule has 1 rings (SSSR count). The number of aldehydes is 2. The Kier molecular flexibility index (Phi) is 4.36. The topological polar surface area (TPSA) is 52.6 Å². The molecule has 0 bridgehead atoms. The molecular formula is C10H9GeO4. The zero-order chi connectivity index (χ0) is 11.3. The normalized spacial score (nSPS) is 11.6. The van der Waals surface area contributed by atoms with Gasteiger partial charge in [-0.05, 0) is 0 Å². The van der Waals surface area contributed by atoms with Crippen LogP contribution in [0.3, 0.4) is 0 Å².